The fraction of sp³-hybridized carbons (Fsp3) is 0.647. The molecular weight excluding hydrogens is 246 g/mol. The molecule has 1 heterocycles. The number of likely N-dealkylation sites (N-methyl/N-ethyl adjacent to an activating group) is 1. The highest BCUT2D eigenvalue weighted by Crippen LogP contribution is 2.24. The van der Waals surface area contributed by atoms with Gasteiger partial charge in [0.25, 0.3) is 0 Å². The quantitative estimate of drug-likeness (QED) is 0.866. The Balaban J connectivity index is 1.98. The van der Waals surface area contributed by atoms with Crippen LogP contribution in [0.2, 0.25) is 0 Å². The highest BCUT2D eigenvalue weighted by Gasteiger charge is 2.26. The summed E-state index contributed by atoms with van der Waals surface area (Å²) in [4.78, 5) is 5.13. The van der Waals surface area contributed by atoms with Gasteiger partial charge < -0.3 is 10.6 Å². The van der Waals surface area contributed by atoms with E-state index < -0.39 is 0 Å². The second kappa shape index (κ2) is 7.09. The lowest BCUT2D eigenvalue weighted by Crippen LogP contribution is -2.38. The first-order valence-electron chi connectivity index (χ1n) is 8.00. The zero-order valence-electron chi connectivity index (χ0n) is 13.2. The first kappa shape index (κ1) is 15.3. The molecule has 1 unspecified atom stereocenters. The molecule has 1 aromatic rings. The molecule has 1 aliphatic heterocycles. The van der Waals surface area contributed by atoms with Crippen molar-refractivity contribution in [2.45, 2.75) is 45.7 Å². The molecule has 1 aliphatic rings. The molecule has 0 bridgehead atoms. The monoisotopic (exact) mass is 275 g/mol. The Morgan fingerprint density at radius 3 is 2.55 bits per heavy atom. The van der Waals surface area contributed by atoms with Crippen LogP contribution in [0.15, 0.2) is 24.3 Å². The minimum atomic E-state index is 0.121. The van der Waals surface area contributed by atoms with E-state index in [1.807, 2.05) is 6.92 Å². The van der Waals surface area contributed by atoms with Gasteiger partial charge in [-0.15, -0.1) is 0 Å². The van der Waals surface area contributed by atoms with E-state index in [2.05, 4.69) is 47.9 Å². The van der Waals surface area contributed by atoms with E-state index >= 15 is 0 Å². The van der Waals surface area contributed by atoms with E-state index in [0.717, 1.165) is 13.1 Å². The first-order valence-corrected chi connectivity index (χ1v) is 8.00. The molecule has 2 rings (SSSR count). The third kappa shape index (κ3) is 3.53. The average Bonchev–Trinajstić information content (AvgIpc) is 2.94. The second-order valence-electron chi connectivity index (χ2n) is 5.90. The minimum absolute atomic E-state index is 0.121. The van der Waals surface area contributed by atoms with Crippen LogP contribution in [0.4, 0.5) is 5.69 Å². The van der Waals surface area contributed by atoms with E-state index in [-0.39, 0.29) is 6.04 Å². The molecule has 0 radical (unpaired) electrons. The maximum absolute atomic E-state index is 5.91. The fourth-order valence-corrected chi connectivity index (χ4v) is 3.15. The highest BCUT2D eigenvalue weighted by atomic mass is 15.2. The Kier molecular flexibility index (Phi) is 5.44. The van der Waals surface area contributed by atoms with Crippen LogP contribution in [0.1, 0.15) is 45.2 Å². The Morgan fingerprint density at radius 1 is 1.30 bits per heavy atom. The molecular formula is C17H29N3. The number of benzene rings is 1. The maximum atomic E-state index is 5.91. The van der Waals surface area contributed by atoms with Crippen molar-refractivity contribution in [1.29, 1.82) is 0 Å². The zero-order valence-corrected chi connectivity index (χ0v) is 13.2. The van der Waals surface area contributed by atoms with Gasteiger partial charge in [0, 0.05) is 30.9 Å². The van der Waals surface area contributed by atoms with Crippen molar-refractivity contribution in [2.24, 2.45) is 5.73 Å². The summed E-state index contributed by atoms with van der Waals surface area (Å²) < 4.78 is 0. The van der Waals surface area contributed by atoms with Crippen LogP contribution in [-0.4, -0.2) is 37.1 Å². The molecule has 2 N–H and O–H groups in total. The summed E-state index contributed by atoms with van der Waals surface area (Å²) in [6.45, 7) is 11.3. The Morgan fingerprint density at radius 2 is 2.00 bits per heavy atom. The van der Waals surface area contributed by atoms with Gasteiger partial charge in [0.1, 0.15) is 0 Å². The number of hydrogen-bond acceptors (Lipinski definition) is 3. The molecule has 1 saturated heterocycles. The van der Waals surface area contributed by atoms with Gasteiger partial charge in [-0.05, 0) is 50.6 Å². The summed E-state index contributed by atoms with van der Waals surface area (Å²) in [5, 5.41) is 0. The number of rotatable bonds is 6. The molecule has 1 fully saturated rings. The van der Waals surface area contributed by atoms with Gasteiger partial charge in [0.2, 0.25) is 0 Å². The predicted molar refractivity (Wildman–Crippen MR) is 87.2 cm³/mol. The molecule has 0 saturated carbocycles. The minimum Gasteiger partial charge on any atom is -0.370 e. The van der Waals surface area contributed by atoms with Gasteiger partial charge in [0.15, 0.2) is 0 Å². The Hall–Kier alpha value is -1.06. The van der Waals surface area contributed by atoms with Crippen molar-refractivity contribution in [3.05, 3.63) is 29.8 Å². The van der Waals surface area contributed by atoms with Crippen LogP contribution in [-0.2, 0) is 0 Å². The molecule has 0 amide bonds. The predicted octanol–water partition coefficient (Wildman–Crippen LogP) is 3.02. The van der Waals surface area contributed by atoms with E-state index in [0.29, 0.717) is 6.04 Å². The second-order valence-corrected chi connectivity index (χ2v) is 5.90. The van der Waals surface area contributed by atoms with Gasteiger partial charge in [-0.2, -0.15) is 0 Å². The average molecular weight is 275 g/mol. The SMILES string of the molecule is CCCN(CC)[C@@H]1CCN(c2ccc(C(C)N)cc2)C1. The topological polar surface area (TPSA) is 32.5 Å². The van der Waals surface area contributed by atoms with Crippen molar-refractivity contribution in [2.75, 3.05) is 31.1 Å². The van der Waals surface area contributed by atoms with Crippen LogP contribution in [0, 0.1) is 0 Å². The lowest BCUT2D eigenvalue weighted by Gasteiger charge is -2.27. The summed E-state index contributed by atoms with van der Waals surface area (Å²) in [5.41, 5.74) is 8.46. The normalized spacial score (nSPS) is 20.6. The third-order valence-electron chi connectivity index (χ3n) is 4.38. The standard InChI is InChI=1S/C17H29N3/c1-4-11-19(5-2)17-10-12-20(13-17)16-8-6-15(7-9-16)14(3)18/h6-9,14,17H,4-5,10-13,18H2,1-3H3/t14?,17-/m1/s1. The summed E-state index contributed by atoms with van der Waals surface area (Å²) in [7, 11) is 0. The lowest BCUT2D eigenvalue weighted by atomic mass is 10.1. The number of nitrogens with zero attached hydrogens (tertiary/aromatic N) is 2. The lowest BCUT2D eigenvalue weighted by molar-refractivity contribution is 0.221. The van der Waals surface area contributed by atoms with E-state index in [1.54, 1.807) is 0 Å². The first-order chi connectivity index (χ1) is 9.65. The summed E-state index contributed by atoms with van der Waals surface area (Å²) in [6, 6.07) is 9.60. The molecule has 2 atom stereocenters. The van der Waals surface area contributed by atoms with Gasteiger partial charge in [-0.1, -0.05) is 26.0 Å². The van der Waals surface area contributed by atoms with Crippen LogP contribution in [0.5, 0.6) is 0 Å². The number of nitrogens with two attached hydrogens (primary N) is 1. The van der Waals surface area contributed by atoms with E-state index in [1.165, 1.54) is 37.2 Å². The number of hydrogen-bond donors (Lipinski definition) is 1. The third-order valence-corrected chi connectivity index (χ3v) is 4.38. The molecule has 3 heteroatoms. The van der Waals surface area contributed by atoms with Gasteiger partial charge in [-0.25, -0.2) is 0 Å². The highest BCUT2D eigenvalue weighted by molar-refractivity contribution is 5.49. The molecule has 1 aromatic carbocycles. The molecule has 20 heavy (non-hydrogen) atoms. The summed E-state index contributed by atoms with van der Waals surface area (Å²) >= 11 is 0. The Bertz CT molecular complexity index is 399. The van der Waals surface area contributed by atoms with E-state index in [4.69, 9.17) is 5.73 Å². The van der Waals surface area contributed by atoms with Crippen molar-refractivity contribution >= 4 is 5.69 Å². The summed E-state index contributed by atoms with van der Waals surface area (Å²) in [6.07, 6.45) is 2.52. The number of anilines is 1. The van der Waals surface area contributed by atoms with Crippen molar-refractivity contribution in [3.8, 4) is 0 Å². The smallest absolute Gasteiger partial charge is 0.0366 e. The molecule has 0 aromatic heterocycles. The molecule has 0 spiro atoms. The van der Waals surface area contributed by atoms with Crippen LogP contribution in [0.25, 0.3) is 0 Å². The zero-order chi connectivity index (χ0) is 14.5. The Labute approximate surface area is 123 Å². The van der Waals surface area contributed by atoms with Crippen molar-refractivity contribution < 1.29 is 0 Å². The summed E-state index contributed by atoms with van der Waals surface area (Å²) in [5.74, 6) is 0. The van der Waals surface area contributed by atoms with Crippen LogP contribution >= 0.6 is 0 Å². The largest absolute Gasteiger partial charge is 0.370 e. The molecule has 0 aliphatic carbocycles. The van der Waals surface area contributed by atoms with Gasteiger partial charge in [0.05, 0.1) is 0 Å². The fourth-order valence-electron chi connectivity index (χ4n) is 3.15. The molecule has 3 nitrogen and oxygen atoms in total. The van der Waals surface area contributed by atoms with Crippen LogP contribution in [0.3, 0.4) is 0 Å². The molecule has 112 valence electrons. The van der Waals surface area contributed by atoms with Crippen molar-refractivity contribution in [1.82, 2.24) is 4.90 Å². The van der Waals surface area contributed by atoms with Crippen molar-refractivity contribution in [3.63, 3.8) is 0 Å². The van der Waals surface area contributed by atoms with Gasteiger partial charge in [-0.3, -0.25) is 4.90 Å². The van der Waals surface area contributed by atoms with Gasteiger partial charge >= 0.3 is 0 Å². The van der Waals surface area contributed by atoms with Crippen LogP contribution < -0.4 is 10.6 Å². The maximum Gasteiger partial charge on any atom is 0.0366 e. The van der Waals surface area contributed by atoms with E-state index in [9.17, 15) is 0 Å².